The minimum absolute atomic E-state index is 0.0166. The highest BCUT2D eigenvalue weighted by Crippen LogP contribution is 2.38. The van der Waals surface area contributed by atoms with Crippen LogP contribution in [-0.2, 0) is 4.79 Å². The van der Waals surface area contributed by atoms with Crippen LogP contribution in [0.1, 0.15) is 34.6 Å². The minimum Gasteiger partial charge on any atom is -0.398 e. The second kappa shape index (κ2) is 12.5. The zero-order chi connectivity index (χ0) is 31.7. The van der Waals surface area contributed by atoms with Gasteiger partial charge in [-0.25, -0.2) is 18.7 Å². The summed E-state index contributed by atoms with van der Waals surface area (Å²) in [6.07, 6.45) is 1.29. The third-order valence-corrected chi connectivity index (χ3v) is 7.88. The van der Waals surface area contributed by atoms with E-state index in [1.54, 1.807) is 31.0 Å². The number of aromatic nitrogens is 3. The molecule has 12 heteroatoms. The number of carbonyl (C=O) groups is 1. The van der Waals surface area contributed by atoms with Gasteiger partial charge in [-0.3, -0.25) is 14.8 Å². The summed E-state index contributed by atoms with van der Waals surface area (Å²) in [6, 6.07) is 5.51. The van der Waals surface area contributed by atoms with Crippen LogP contribution in [0, 0.1) is 11.7 Å². The fourth-order valence-electron chi connectivity index (χ4n) is 5.65. The lowest BCUT2D eigenvalue weighted by atomic mass is 10.0. The zero-order valence-electron chi connectivity index (χ0n) is 25.2. The molecule has 10 nitrogen and oxygen atoms in total. The van der Waals surface area contributed by atoms with Crippen molar-refractivity contribution in [3.63, 3.8) is 0 Å². The van der Waals surface area contributed by atoms with E-state index in [2.05, 4.69) is 28.3 Å². The molecular formula is C31H36ClFN8O2. The van der Waals surface area contributed by atoms with Gasteiger partial charge in [0.2, 0.25) is 5.91 Å². The van der Waals surface area contributed by atoms with E-state index in [1.165, 1.54) is 22.8 Å². The average Bonchev–Trinajstić information content (AvgIpc) is 2.95. The number of anilines is 2. The maximum Gasteiger partial charge on any atom is 0.355 e. The summed E-state index contributed by atoms with van der Waals surface area (Å²) in [6.45, 7) is 17.6. The number of carbonyl (C=O) groups excluding carboxylic acids is 1. The maximum absolute atomic E-state index is 15.2. The Bertz CT molecular complexity index is 1710. The number of nitrogens with two attached hydrogens (primary N) is 1. The van der Waals surface area contributed by atoms with Gasteiger partial charge in [-0.2, -0.15) is 4.98 Å². The van der Waals surface area contributed by atoms with Crippen molar-refractivity contribution in [2.24, 2.45) is 15.9 Å². The largest absolute Gasteiger partial charge is 0.398 e. The third-order valence-electron chi connectivity index (χ3n) is 7.59. The highest BCUT2D eigenvalue weighted by Gasteiger charge is 2.34. The predicted octanol–water partition coefficient (Wildman–Crippen LogP) is 5.06. The molecule has 0 unspecified atom stereocenters. The average molecular weight is 607 g/mol. The van der Waals surface area contributed by atoms with Crippen LogP contribution in [-0.4, -0.2) is 70.0 Å². The molecule has 2 aromatic heterocycles. The Kier molecular flexibility index (Phi) is 9.15. The van der Waals surface area contributed by atoms with E-state index in [1.807, 2.05) is 32.6 Å². The second-order valence-electron chi connectivity index (χ2n) is 10.9. The van der Waals surface area contributed by atoms with Crippen molar-refractivity contribution in [2.75, 3.05) is 30.8 Å². The number of allylic oxidation sites excluding steroid dienone is 2. The summed E-state index contributed by atoms with van der Waals surface area (Å²) in [5.74, 6) is -0.588. The number of fused-ring (bicyclic) bond motifs is 1. The van der Waals surface area contributed by atoms with E-state index in [9.17, 15) is 9.59 Å². The van der Waals surface area contributed by atoms with Gasteiger partial charge in [-0.1, -0.05) is 38.1 Å². The highest BCUT2D eigenvalue weighted by molar-refractivity contribution is 6.34. The molecule has 0 aliphatic carbocycles. The fourth-order valence-corrected chi connectivity index (χ4v) is 5.89. The van der Waals surface area contributed by atoms with Crippen LogP contribution >= 0.6 is 11.6 Å². The first-order valence-corrected chi connectivity index (χ1v) is 14.3. The Morgan fingerprint density at radius 1 is 1.23 bits per heavy atom. The molecule has 1 aliphatic rings. The molecule has 0 bridgehead atoms. The lowest BCUT2D eigenvalue weighted by Crippen LogP contribution is -2.58. The Balaban J connectivity index is 2.12. The quantitative estimate of drug-likeness (QED) is 0.228. The van der Waals surface area contributed by atoms with Crippen LogP contribution in [0.2, 0.25) is 5.02 Å². The van der Waals surface area contributed by atoms with Gasteiger partial charge >= 0.3 is 5.69 Å². The smallest absolute Gasteiger partial charge is 0.355 e. The number of benzene rings is 1. The van der Waals surface area contributed by atoms with Crippen LogP contribution in [0.15, 0.2) is 57.4 Å². The van der Waals surface area contributed by atoms with Crippen LogP contribution in [0.25, 0.3) is 28.0 Å². The number of nitrogens with zero attached hydrogens (tertiary/aromatic N) is 7. The molecule has 0 radical (unpaired) electrons. The lowest BCUT2D eigenvalue weighted by Gasteiger charge is -2.44. The van der Waals surface area contributed by atoms with E-state index in [0.717, 1.165) is 0 Å². The molecule has 2 N–H and O–H groups in total. The molecule has 2 atom stereocenters. The van der Waals surface area contributed by atoms with Crippen molar-refractivity contribution in [2.45, 2.75) is 46.7 Å². The molecule has 1 aliphatic heterocycles. The summed E-state index contributed by atoms with van der Waals surface area (Å²) in [4.78, 5) is 48.3. The first kappa shape index (κ1) is 31.6. The summed E-state index contributed by atoms with van der Waals surface area (Å²) >= 11 is 6.79. The lowest BCUT2D eigenvalue weighted by molar-refractivity contribution is -0.130. The van der Waals surface area contributed by atoms with Crippen LogP contribution in [0.3, 0.4) is 0 Å². The number of pyridine rings is 1. The number of aliphatic imine (C=N–C) groups is 2. The number of hydrogen-bond donors (Lipinski definition) is 1. The Morgan fingerprint density at radius 2 is 1.88 bits per heavy atom. The summed E-state index contributed by atoms with van der Waals surface area (Å²) in [7, 11) is 1.61. The second-order valence-corrected chi connectivity index (χ2v) is 11.3. The molecule has 43 heavy (non-hydrogen) atoms. The van der Waals surface area contributed by atoms with Crippen LogP contribution < -0.4 is 16.3 Å². The minimum atomic E-state index is -0.644. The Morgan fingerprint density at radius 3 is 2.42 bits per heavy atom. The zero-order valence-corrected chi connectivity index (χ0v) is 26.0. The van der Waals surface area contributed by atoms with Gasteiger partial charge in [0.05, 0.1) is 38.8 Å². The molecule has 3 heterocycles. The first-order chi connectivity index (χ1) is 20.4. The van der Waals surface area contributed by atoms with Crippen LogP contribution in [0.5, 0.6) is 0 Å². The molecule has 226 valence electrons. The topological polar surface area (TPSA) is 122 Å². The molecular weight excluding hydrogens is 571 g/mol. The van der Waals surface area contributed by atoms with E-state index < -0.39 is 11.5 Å². The summed E-state index contributed by atoms with van der Waals surface area (Å²) < 4.78 is 16.5. The van der Waals surface area contributed by atoms with Gasteiger partial charge in [0.25, 0.3) is 0 Å². The molecule has 1 aromatic carbocycles. The van der Waals surface area contributed by atoms with Gasteiger partial charge in [0.1, 0.15) is 11.6 Å². The van der Waals surface area contributed by atoms with Crippen molar-refractivity contribution in [1.82, 2.24) is 19.4 Å². The SMILES string of the molecule is C=CC(=O)N1[C@H](C)CN(c2nc(=O)n(C(/C(C)=N\C)=C(/N=C)C(C)C)c3nc(-c4c(N)cccc4F)c(Cl)cc23)C[C@@H]1C. The van der Waals surface area contributed by atoms with Gasteiger partial charge in [0.15, 0.2) is 5.65 Å². The van der Waals surface area contributed by atoms with E-state index >= 15 is 4.39 Å². The molecule has 4 rings (SSSR count). The van der Waals surface area contributed by atoms with Crippen molar-refractivity contribution in [3.05, 3.63) is 63.9 Å². The Hall–Kier alpha value is -4.38. The fraction of sp³-hybridized carbons (Fsp3) is 0.355. The standard InChI is InChI=1S/C31H36ClFN8O2/c1-9-24(42)40-17(4)14-39(15-18(40)5)29-20-13-21(32)27(25-22(33)11-10-12-23(25)34)37-30(20)41(31(43)38-29)28(19(6)35-7)26(36-8)16(2)3/h9-13,16-18H,1,8,14-15,34H2,2-7H3/b28-26+,35-19-/t17-,18+. The number of amides is 1. The predicted molar refractivity (Wildman–Crippen MR) is 173 cm³/mol. The van der Waals surface area contributed by atoms with E-state index in [-0.39, 0.29) is 51.5 Å². The van der Waals surface area contributed by atoms with Crippen molar-refractivity contribution >= 4 is 58.2 Å². The summed E-state index contributed by atoms with van der Waals surface area (Å²) in [5, 5.41) is 0.566. The summed E-state index contributed by atoms with van der Waals surface area (Å²) in [5.41, 5.74) is 7.30. The number of halogens is 2. The molecule has 1 fully saturated rings. The van der Waals surface area contributed by atoms with Gasteiger partial charge in [-0.15, -0.1) is 0 Å². The van der Waals surface area contributed by atoms with Crippen molar-refractivity contribution < 1.29 is 9.18 Å². The number of nitrogen functional groups attached to an aromatic ring is 1. The van der Waals surface area contributed by atoms with Crippen molar-refractivity contribution in [3.8, 4) is 11.3 Å². The number of hydrogen-bond acceptors (Lipinski definition) is 8. The molecule has 1 saturated heterocycles. The van der Waals surface area contributed by atoms with Gasteiger partial charge in [0, 0.05) is 37.9 Å². The number of rotatable bonds is 7. The molecule has 0 spiro atoms. The Labute approximate surface area is 255 Å². The normalized spacial score (nSPS) is 18.2. The van der Waals surface area contributed by atoms with Crippen LogP contribution in [0.4, 0.5) is 15.9 Å². The molecule has 3 aromatic rings. The monoisotopic (exact) mass is 606 g/mol. The van der Waals surface area contributed by atoms with Gasteiger partial charge < -0.3 is 15.5 Å². The molecule has 1 amide bonds. The van der Waals surface area contributed by atoms with Crippen molar-refractivity contribution in [1.29, 1.82) is 0 Å². The van der Waals surface area contributed by atoms with Gasteiger partial charge in [-0.05, 0) is 57.7 Å². The number of piperazine rings is 1. The molecule has 0 saturated carbocycles. The van der Waals surface area contributed by atoms with E-state index in [0.29, 0.717) is 41.4 Å². The third kappa shape index (κ3) is 5.69. The first-order valence-electron chi connectivity index (χ1n) is 13.9. The van der Waals surface area contributed by atoms with E-state index in [4.69, 9.17) is 22.3 Å². The highest BCUT2D eigenvalue weighted by atomic mass is 35.5. The maximum atomic E-state index is 15.2.